The van der Waals surface area contributed by atoms with Crippen molar-refractivity contribution >= 4 is 34.1 Å². The summed E-state index contributed by atoms with van der Waals surface area (Å²) in [6.45, 7) is 2.80. The van der Waals surface area contributed by atoms with E-state index in [9.17, 15) is 0 Å². The Bertz CT molecular complexity index is 744. The van der Waals surface area contributed by atoms with E-state index in [-0.39, 0.29) is 0 Å². The predicted molar refractivity (Wildman–Crippen MR) is 95.2 cm³/mol. The second-order valence-electron chi connectivity index (χ2n) is 5.20. The van der Waals surface area contributed by atoms with Crippen LogP contribution in [0.2, 0.25) is 0 Å². The first-order valence-corrected chi connectivity index (χ1v) is 7.67. The smallest absolute Gasteiger partial charge is 0.170 e. The predicted octanol–water partition coefficient (Wildman–Crippen LogP) is 3.40. The van der Waals surface area contributed by atoms with Gasteiger partial charge >= 0.3 is 0 Å². The summed E-state index contributed by atoms with van der Waals surface area (Å²) >= 11 is 5.30. The molecule has 1 heterocycles. The maximum absolute atomic E-state index is 5.30. The molecular formula is C17H18N4S. The molecular weight excluding hydrogens is 292 g/mol. The number of aromatic nitrogens is 2. The number of benzene rings is 2. The third-order valence-corrected chi connectivity index (χ3v) is 3.64. The van der Waals surface area contributed by atoms with Crippen LogP contribution in [0.3, 0.4) is 0 Å². The van der Waals surface area contributed by atoms with Gasteiger partial charge in [-0.15, -0.1) is 0 Å². The minimum Gasteiger partial charge on any atom is -0.362 e. The van der Waals surface area contributed by atoms with Crippen molar-refractivity contribution in [1.82, 2.24) is 15.3 Å². The van der Waals surface area contributed by atoms with Gasteiger partial charge in [-0.2, -0.15) is 0 Å². The largest absolute Gasteiger partial charge is 0.362 e. The highest BCUT2D eigenvalue weighted by Crippen LogP contribution is 2.10. The first-order chi connectivity index (χ1) is 10.7. The molecule has 22 heavy (non-hydrogen) atoms. The van der Waals surface area contributed by atoms with E-state index in [4.69, 9.17) is 12.2 Å². The van der Waals surface area contributed by atoms with E-state index in [1.54, 1.807) is 0 Å². The summed E-state index contributed by atoms with van der Waals surface area (Å²) in [6.07, 6.45) is 0.796. The van der Waals surface area contributed by atoms with E-state index in [2.05, 4.69) is 39.7 Å². The van der Waals surface area contributed by atoms with Crippen molar-refractivity contribution in [3.63, 3.8) is 0 Å². The summed E-state index contributed by atoms with van der Waals surface area (Å²) < 4.78 is 0. The molecule has 0 aliphatic carbocycles. The number of aromatic amines is 1. The monoisotopic (exact) mass is 310 g/mol. The second kappa shape index (κ2) is 6.58. The number of anilines is 1. The van der Waals surface area contributed by atoms with Gasteiger partial charge in [0.25, 0.3) is 0 Å². The van der Waals surface area contributed by atoms with Crippen molar-refractivity contribution < 1.29 is 0 Å². The summed E-state index contributed by atoms with van der Waals surface area (Å²) in [5.74, 6) is 0.965. The molecule has 0 spiro atoms. The molecule has 0 saturated carbocycles. The first kappa shape index (κ1) is 14.5. The van der Waals surface area contributed by atoms with E-state index in [0.717, 1.165) is 35.5 Å². The number of fused-ring (bicyclic) bond motifs is 1. The van der Waals surface area contributed by atoms with Gasteiger partial charge in [0, 0.05) is 18.7 Å². The highest BCUT2D eigenvalue weighted by atomic mass is 32.1. The van der Waals surface area contributed by atoms with Crippen molar-refractivity contribution in [1.29, 1.82) is 0 Å². The van der Waals surface area contributed by atoms with Crippen molar-refractivity contribution in [2.45, 2.75) is 13.3 Å². The number of nitrogens with zero attached hydrogens (tertiary/aromatic N) is 1. The van der Waals surface area contributed by atoms with Crippen molar-refractivity contribution in [3.8, 4) is 0 Å². The maximum atomic E-state index is 5.30. The molecule has 0 aliphatic rings. The number of H-pyrrole nitrogens is 1. The molecule has 0 atom stereocenters. The van der Waals surface area contributed by atoms with E-state index >= 15 is 0 Å². The van der Waals surface area contributed by atoms with E-state index in [1.807, 2.05) is 36.4 Å². The van der Waals surface area contributed by atoms with E-state index in [1.165, 1.54) is 5.56 Å². The SMILES string of the molecule is Cc1ccc(NC(=S)NCCc2nc3ccccc3[nH]2)cc1. The summed E-state index contributed by atoms with van der Waals surface area (Å²) in [4.78, 5) is 7.85. The molecule has 4 nitrogen and oxygen atoms in total. The molecule has 3 N–H and O–H groups in total. The Kier molecular flexibility index (Phi) is 4.34. The molecule has 2 aromatic carbocycles. The van der Waals surface area contributed by atoms with Gasteiger partial charge in [0.05, 0.1) is 11.0 Å². The summed E-state index contributed by atoms with van der Waals surface area (Å²) in [7, 11) is 0. The van der Waals surface area contributed by atoms with Crippen molar-refractivity contribution in [2.75, 3.05) is 11.9 Å². The highest BCUT2D eigenvalue weighted by Gasteiger charge is 2.02. The van der Waals surface area contributed by atoms with Crippen molar-refractivity contribution in [2.24, 2.45) is 0 Å². The van der Waals surface area contributed by atoms with Crippen LogP contribution < -0.4 is 10.6 Å². The number of thiocarbonyl (C=S) groups is 1. The van der Waals surface area contributed by atoms with Gasteiger partial charge in [-0.05, 0) is 43.4 Å². The topological polar surface area (TPSA) is 52.7 Å². The average Bonchev–Trinajstić information content (AvgIpc) is 2.92. The fourth-order valence-electron chi connectivity index (χ4n) is 2.23. The Morgan fingerprint density at radius 2 is 1.91 bits per heavy atom. The molecule has 0 unspecified atom stereocenters. The van der Waals surface area contributed by atoms with Crippen LogP contribution in [0.1, 0.15) is 11.4 Å². The van der Waals surface area contributed by atoms with Gasteiger partial charge in [-0.1, -0.05) is 29.8 Å². The molecule has 1 aromatic heterocycles. The number of hydrogen-bond acceptors (Lipinski definition) is 2. The van der Waals surface area contributed by atoms with E-state index in [0.29, 0.717) is 5.11 Å². The average molecular weight is 310 g/mol. The standard InChI is InChI=1S/C17H18N4S/c1-12-6-8-13(9-7-12)19-17(22)18-11-10-16-20-14-4-2-3-5-15(14)21-16/h2-9H,10-11H2,1H3,(H,20,21)(H2,18,19,22). The molecule has 0 amide bonds. The van der Waals surface area contributed by atoms with Crippen LogP contribution in [0, 0.1) is 6.92 Å². The molecule has 112 valence electrons. The quantitative estimate of drug-likeness (QED) is 0.647. The fraction of sp³-hybridized carbons (Fsp3) is 0.176. The summed E-state index contributed by atoms with van der Waals surface area (Å²) in [5.41, 5.74) is 4.29. The Balaban J connectivity index is 1.49. The molecule has 3 rings (SSSR count). The van der Waals surface area contributed by atoms with Crippen LogP contribution >= 0.6 is 12.2 Å². The third kappa shape index (κ3) is 3.62. The van der Waals surface area contributed by atoms with Gasteiger partial charge < -0.3 is 15.6 Å². The van der Waals surface area contributed by atoms with E-state index < -0.39 is 0 Å². The summed E-state index contributed by atoms with van der Waals surface area (Å²) in [5, 5.41) is 7.00. The van der Waals surface area contributed by atoms with Gasteiger partial charge in [0.15, 0.2) is 5.11 Å². The fourth-order valence-corrected chi connectivity index (χ4v) is 2.45. The minimum atomic E-state index is 0.625. The lowest BCUT2D eigenvalue weighted by molar-refractivity contribution is 0.832. The number of rotatable bonds is 4. The number of hydrogen-bond donors (Lipinski definition) is 3. The number of aryl methyl sites for hydroxylation is 1. The van der Waals surface area contributed by atoms with Crippen LogP contribution in [-0.4, -0.2) is 21.6 Å². The molecule has 0 fully saturated rings. The lowest BCUT2D eigenvalue weighted by Crippen LogP contribution is -2.30. The Morgan fingerprint density at radius 3 is 2.68 bits per heavy atom. The van der Waals surface area contributed by atoms with Crippen molar-refractivity contribution in [3.05, 3.63) is 59.9 Å². The van der Waals surface area contributed by atoms with Gasteiger partial charge in [0.2, 0.25) is 0 Å². The molecule has 5 heteroatoms. The molecule has 0 bridgehead atoms. The van der Waals surface area contributed by atoms with Gasteiger partial charge in [0.1, 0.15) is 5.82 Å². The normalized spacial score (nSPS) is 10.6. The Morgan fingerprint density at radius 1 is 1.14 bits per heavy atom. The highest BCUT2D eigenvalue weighted by molar-refractivity contribution is 7.80. The van der Waals surface area contributed by atoms with Crippen LogP contribution in [0.25, 0.3) is 11.0 Å². The lowest BCUT2D eigenvalue weighted by atomic mass is 10.2. The zero-order chi connectivity index (χ0) is 15.4. The zero-order valence-electron chi connectivity index (χ0n) is 12.4. The Hall–Kier alpha value is -2.40. The second-order valence-corrected chi connectivity index (χ2v) is 5.61. The number of nitrogens with one attached hydrogen (secondary N) is 3. The van der Waals surface area contributed by atoms with Crippen LogP contribution in [0.5, 0.6) is 0 Å². The molecule has 3 aromatic rings. The van der Waals surface area contributed by atoms with Gasteiger partial charge in [-0.25, -0.2) is 4.98 Å². The number of imidazole rings is 1. The van der Waals surface area contributed by atoms with Crippen LogP contribution in [0.4, 0.5) is 5.69 Å². The molecule has 0 saturated heterocycles. The third-order valence-electron chi connectivity index (χ3n) is 3.40. The number of para-hydroxylation sites is 2. The van der Waals surface area contributed by atoms with Crippen LogP contribution in [0.15, 0.2) is 48.5 Å². The lowest BCUT2D eigenvalue weighted by Gasteiger charge is -2.10. The molecule has 0 aliphatic heterocycles. The van der Waals surface area contributed by atoms with Crippen LogP contribution in [-0.2, 0) is 6.42 Å². The molecule has 0 radical (unpaired) electrons. The maximum Gasteiger partial charge on any atom is 0.170 e. The summed E-state index contributed by atoms with van der Waals surface area (Å²) in [6, 6.07) is 16.2. The first-order valence-electron chi connectivity index (χ1n) is 7.26. The Labute approximate surface area is 135 Å². The minimum absolute atomic E-state index is 0.625. The zero-order valence-corrected chi connectivity index (χ0v) is 13.2. The van der Waals surface area contributed by atoms with Gasteiger partial charge in [-0.3, -0.25) is 0 Å².